The van der Waals surface area contributed by atoms with Crippen LogP contribution in [0.25, 0.3) is 0 Å². The van der Waals surface area contributed by atoms with Crippen LogP contribution >= 0.6 is 11.6 Å². The Balaban J connectivity index is 2.29. The lowest BCUT2D eigenvalue weighted by atomic mass is 10.1. The summed E-state index contributed by atoms with van der Waals surface area (Å²) in [7, 11) is 0. The first-order valence-corrected chi connectivity index (χ1v) is 6.79. The Labute approximate surface area is 118 Å². The van der Waals surface area contributed by atoms with Crippen molar-refractivity contribution in [2.45, 2.75) is 33.2 Å². The average molecular weight is 277 g/mol. The second-order valence-electron chi connectivity index (χ2n) is 4.66. The maximum atomic E-state index is 11.1. The zero-order valence-electron chi connectivity index (χ0n) is 11.2. The molecule has 0 N–H and O–H groups in total. The summed E-state index contributed by atoms with van der Waals surface area (Å²) in [4.78, 5) is 11.1. The summed E-state index contributed by atoms with van der Waals surface area (Å²) in [5.74, 6) is 0. The first-order valence-electron chi connectivity index (χ1n) is 6.41. The van der Waals surface area contributed by atoms with Crippen molar-refractivity contribution < 1.29 is 4.79 Å². The fourth-order valence-electron chi connectivity index (χ4n) is 2.01. The molecule has 0 radical (unpaired) electrons. The monoisotopic (exact) mass is 276 g/mol. The molecular formula is C15H17ClN2O. The van der Waals surface area contributed by atoms with Gasteiger partial charge in [0.25, 0.3) is 0 Å². The molecule has 1 aromatic heterocycles. The van der Waals surface area contributed by atoms with Crippen LogP contribution in [0.2, 0.25) is 5.15 Å². The average Bonchev–Trinajstić information content (AvgIpc) is 2.69. The predicted octanol–water partition coefficient (Wildman–Crippen LogP) is 3.66. The number of aromatic nitrogens is 2. The van der Waals surface area contributed by atoms with Crippen LogP contribution in [0.15, 0.2) is 24.3 Å². The van der Waals surface area contributed by atoms with Gasteiger partial charge in [0.05, 0.1) is 17.8 Å². The number of aldehydes is 1. The molecule has 0 saturated carbocycles. The number of hydrogen-bond acceptors (Lipinski definition) is 2. The van der Waals surface area contributed by atoms with Gasteiger partial charge in [0.1, 0.15) is 5.15 Å². The lowest BCUT2D eigenvalue weighted by molar-refractivity contribution is 0.112. The zero-order chi connectivity index (χ0) is 13.8. The summed E-state index contributed by atoms with van der Waals surface area (Å²) in [5, 5.41) is 4.87. The van der Waals surface area contributed by atoms with E-state index in [1.807, 2.05) is 12.1 Å². The minimum absolute atomic E-state index is 0.430. The number of halogens is 1. The Kier molecular flexibility index (Phi) is 4.38. The third-order valence-electron chi connectivity index (χ3n) is 3.06. The Bertz CT molecular complexity index is 573. The molecule has 0 bridgehead atoms. The standard InChI is InChI=1S/C15H17ClN2O/c1-3-4-14-13(10-19)15(16)18(17-14)9-12-7-5-11(2)6-8-12/h5-8,10H,3-4,9H2,1-2H3. The molecule has 0 spiro atoms. The summed E-state index contributed by atoms with van der Waals surface area (Å²) in [5.41, 5.74) is 3.65. The second-order valence-corrected chi connectivity index (χ2v) is 5.02. The van der Waals surface area contributed by atoms with Crippen LogP contribution in [-0.2, 0) is 13.0 Å². The van der Waals surface area contributed by atoms with Crippen LogP contribution in [-0.4, -0.2) is 16.1 Å². The molecular weight excluding hydrogens is 260 g/mol. The first kappa shape index (κ1) is 13.8. The van der Waals surface area contributed by atoms with E-state index >= 15 is 0 Å². The summed E-state index contributed by atoms with van der Waals surface area (Å²) in [6.45, 7) is 4.69. The molecule has 3 nitrogen and oxygen atoms in total. The molecule has 0 saturated heterocycles. The third-order valence-corrected chi connectivity index (χ3v) is 3.46. The smallest absolute Gasteiger partial charge is 0.155 e. The van der Waals surface area contributed by atoms with E-state index in [0.717, 1.165) is 30.4 Å². The van der Waals surface area contributed by atoms with Gasteiger partial charge in [-0.2, -0.15) is 5.10 Å². The number of nitrogens with zero attached hydrogens (tertiary/aromatic N) is 2. The molecule has 19 heavy (non-hydrogen) atoms. The van der Waals surface area contributed by atoms with E-state index in [4.69, 9.17) is 11.6 Å². The Morgan fingerprint density at radius 1 is 1.32 bits per heavy atom. The van der Waals surface area contributed by atoms with Crippen LogP contribution < -0.4 is 0 Å². The second kappa shape index (κ2) is 6.02. The fraction of sp³-hybridized carbons (Fsp3) is 0.333. The van der Waals surface area contributed by atoms with Gasteiger partial charge >= 0.3 is 0 Å². The molecule has 1 aromatic carbocycles. The summed E-state index contributed by atoms with van der Waals surface area (Å²) < 4.78 is 1.70. The topological polar surface area (TPSA) is 34.9 Å². The molecule has 0 aliphatic heterocycles. The largest absolute Gasteiger partial charge is 0.298 e. The SMILES string of the molecule is CCCc1nn(Cc2ccc(C)cc2)c(Cl)c1C=O. The number of carbonyl (C=O) groups is 1. The Hall–Kier alpha value is -1.61. The van der Waals surface area contributed by atoms with Crippen molar-refractivity contribution in [2.24, 2.45) is 0 Å². The van der Waals surface area contributed by atoms with Crippen molar-refractivity contribution in [3.63, 3.8) is 0 Å². The molecule has 1 heterocycles. The zero-order valence-corrected chi connectivity index (χ0v) is 11.9. The third kappa shape index (κ3) is 3.04. The van der Waals surface area contributed by atoms with Crippen molar-refractivity contribution in [1.82, 2.24) is 9.78 Å². The van der Waals surface area contributed by atoms with Gasteiger partial charge in [-0.15, -0.1) is 0 Å². The van der Waals surface area contributed by atoms with Crippen molar-refractivity contribution in [3.8, 4) is 0 Å². The minimum Gasteiger partial charge on any atom is -0.298 e. The summed E-state index contributed by atoms with van der Waals surface area (Å²) in [6, 6.07) is 8.21. The van der Waals surface area contributed by atoms with Crippen molar-refractivity contribution in [3.05, 3.63) is 51.8 Å². The highest BCUT2D eigenvalue weighted by atomic mass is 35.5. The predicted molar refractivity (Wildman–Crippen MR) is 76.9 cm³/mol. The van der Waals surface area contributed by atoms with Crippen LogP contribution in [0, 0.1) is 6.92 Å². The summed E-state index contributed by atoms with van der Waals surface area (Å²) >= 11 is 6.22. The van der Waals surface area contributed by atoms with Crippen LogP contribution in [0.5, 0.6) is 0 Å². The van der Waals surface area contributed by atoms with E-state index in [-0.39, 0.29) is 0 Å². The lowest BCUT2D eigenvalue weighted by Crippen LogP contribution is -2.02. The molecule has 0 unspecified atom stereocenters. The van der Waals surface area contributed by atoms with E-state index in [0.29, 0.717) is 17.3 Å². The number of aryl methyl sites for hydroxylation is 2. The fourth-order valence-corrected chi connectivity index (χ4v) is 2.26. The molecule has 0 atom stereocenters. The van der Waals surface area contributed by atoms with Crippen LogP contribution in [0.4, 0.5) is 0 Å². The van der Waals surface area contributed by atoms with E-state index in [1.54, 1.807) is 4.68 Å². The van der Waals surface area contributed by atoms with Crippen LogP contribution in [0.1, 0.15) is 40.5 Å². The maximum absolute atomic E-state index is 11.1. The molecule has 0 aliphatic rings. The number of rotatable bonds is 5. The quantitative estimate of drug-likeness (QED) is 0.781. The number of carbonyl (C=O) groups excluding carboxylic acids is 1. The first-order chi connectivity index (χ1) is 9.15. The van der Waals surface area contributed by atoms with Crippen molar-refractivity contribution in [2.75, 3.05) is 0 Å². The van der Waals surface area contributed by atoms with E-state index in [1.165, 1.54) is 5.56 Å². The number of benzene rings is 1. The van der Waals surface area contributed by atoms with E-state index in [9.17, 15) is 4.79 Å². The number of hydrogen-bond donors (Lipinski definition) is 0. The van der Waals surface area contributed by atoms with E-state index < -0.39 is 0 Å². The highest BCUT2D eigenvalue weighted by molar-refractivity contribution is 6.32. The van der Waals surface area contributed by atoms with Gasteiger partial charge in [0.15, 0.2) is 6.29 Å². The molecule has 0 aliphatic carbocycles. The van der Waals surface area contributed by atoms with Gasteiger partial charge in [-0.05, 0) is 18.9 Å². The Morgan fingerprint density at radius 2 is 2.00 bits per heavy atom. The van der Waals surface area contributed by atoms with Crippen molar-refractivity contribution in [1.29, 1.82) is 0 Å². The molecule has 2 aromatic rings. The molecule has 100 valence electrons. The van der Waals surface area contributed by atoms with E-state index in [2.05, 4.69) is 31.1 Å². The minimum atomic E-state index is 0.430. The normalized spacial score (nSPS) is 10.7. The highest BCUT2D eigenvalue weighted by Gasteiger charge is 2.15. The van der Waals surface area contributed by atoms with Gasteiger partial charge in [-0.3, -0.25) is 4.79 Å². The van der Waals surface area contributed by atoms with Gasteiger partial charge in [-0.1, -0.05) is 54.8 Å². The molecule has 0 fully saturated rings. The van der Waals surface area contributed by atoms with Gasteiger partial charge in [0, 0.05) is 0 Å². The van der Waals surface area contributed by atoms with Crippen LogP contribution in [0.3, 0.4) is 0 Å². The van der Waals surface area contributed by atoms with Gasteiger partial charge < -0.3 is 0 Å². The maximum Gasteiger partial charge on any atom is 0.155 e. The Morgan fingerprint density at radius 3 is 2.58 bits per heavy atom. The van der Waals surface area contributed by atoms with Gasteiger partial charge in [-0.25, -0.2) is 4.68 Å². The lowest BCUT2D eigenvalue weighted by Gasteiger charge is -2.04. The van der Waals surface area contributed by atoms with Gasteiger partial charge in [0.2, 0.25) is 0 Å². The van der Waals surface area contributed by atoms with Crippen molar-refractivity contribution >= 4 is 17.9 Å². The summed E-state index contributed by atoms with van der Waals surface area (Å²) in [6.07, 6.45) is 2.51. The molecule has 4 heteroatoms. The molecule has 0 amide bonds. The molecule has 2 rings (SSSR count). The highest BCUT2D eigenvalue weighted by Crippen LogP contribution is 2.20.